The maximum Gasteiger partial charge on any atom is 0.255 e. The van der Waals surface area contributed by atoms with Gasteiger partial charge in [-0.25, -0.2) is 4.98 Å². The molecule has 0 amide bonds. The van der Waals surface area contributed by atoms with Gasteiger partial charge in [-0.3, -0.25) is 9.36 Å². The summed E-state index contributed by atoms with van der Waals surface area (Å²) >= 11 is 5.73. The molecule has 4 heteroatoms. The van der Waals surface area contributed by atoms with Crippen molar-refractivity contribution in [2.75, 3.05) is 0 Å². The Kier molecular flexibility index (Phi) is 3.29. The summed E-state index contributed by atoms with van der Waals surface area (Å²) in [5.41, 5.74) is 2.15. The largest absolute Gasteiger partial charge is 0.292 e. The normalized spacial score (nSPS) is 10.5. The predicted octanol–water partition coefficient (Wildman–Crippen LogP) is 2.56. The van der Waals surface area contributed by atoms with E-state index in [4.69, 9.17) is 11.6 Å². The summed E-state index contributed by atoms with van der Waals surface area (Å²) in [6.45, 7) is 4.34. The number of halogens is 1. The van der Waals surface area contributed by atoms with Crippen LogP contribution in [0.15, 0.2) is 35.1 Å². The molecule has 0 spiro atoms. The van der Waals surface area contributed by atoms with E-state index in [2.05, 4.69) is 4.98 Å². The van der Waals surface area contributed by atoms with E-state index >= 15 is 0 Å². The molecular formula is C13H13ClN2O. The minimum Gasteiger partial charge on any atom is -0.292 e. The average molecular weight is 249 g/mol. The molecule has 0 saturated carbocycles. The van der Waals surface area contributed by atoms with Gasteiger partial charge in [0.1, 0.15) is 11.0 Å². The summed E-state index contributed by atoms with van der Waals surface area (Å²) in [6, 6.07) is 9.32. The number of benzene rings is 1. The van der Waals surface area contributed by atoms with Crippen molar-refractivity contribution in [1.82, 2.24) is 9.55 Å². The Morgan fingerprint density at radius 3 is 2.65 bits per heavy atom. The van der Waals surface area contributed by atoms with E-state index in [-0.39, 0.29) is 10.7 Å². The lowest BCUT2D eigenvalue weighted by Gasteiger charge is -2.10. The van der Waals surface area contributed by atoms with Crippen LogP contribution in [0.1, 0.15) is 17.0 Å². The van der Waals surface area contributed by atoms with Crippen molar-refractivity contribution < 1.29 is 0 Å². The molecule has 2 rings (SSSR count). The fraction of sp³-hybridized carbons (Fsp3) is 0.231. The Hall–Kier alpha value is -1.61. The molecule has 0 atom stereocenters. The van der Waals surface area contributed by atoms with Gasteiger partial charge >= 0.3 is 0 Å². The molecule has 0 N–H and O–H groups in total. The van der Waals surface area contributed by atoms with Crippen molar-refractivity contribution >= 4 is 11.6 Å². The third-order valence-corrected chi connectivity index (χ3v) is 2.95. The maximum absolute atomic E-state index is 11.8. The first-order chi connectivity index (χ1) is 8.08. The van der Waals surface area contributed by atoms with E-state index in [1.807, 2.05) is 31.2 Å². The third-order valence-electron chi connectivity index (χ3n) is 2.76. The summed E-state index contributed by atoms with van der Waals surface area (Å²) < 4.78 is 1.62. The van der Waals surface area contributed by atoms with Crippen molar-refractivity contribution in [1.29, 1.82) is 0 Å². The van der Waals surface area contributed by atoms with Gasteiger partial charge in [0.2, 0.25) is 0 Å². The number of aromatic nitrogens is 2. The summed E-state index contributed by atoms with van der Waals surface area (Å²) in [4.78, 5) is 15.9. The fourth-order valence-electron chi connectivity index (χ4n) is 1.74. The molecule has 0 aliphatic carbocycles. The smallest absolute Gasteiger partial charge is 0.255 e. The predicted molar refractivity (Wildman–Crippen MR) is 68.5 cm³/mol. The van der Waals surface area contributed by atoms with Crippen molar-refractivity contribution in [3.05, 3.63) is 62.8 Å². The average Bonchev–Trinajstić information content (AvgIpc) is 2.25. The Labute approximate surface area is 105 Å². The van der Waals surface area contributed by atoms with Crippen LogP contribution in [0.4, 0.5) is 0 Å². The van der Waals surface area contributed by atoms with Crippen molar-refractivity contribution in [3.63, 3.8) is 0 Å². The molecule has 0 aliphatic rings. The third kappa shape index (κ3) is 2.56. The van der Waals surface area contributed by atoms with Gasteiger partial charge in [0.15, 0.2) is 0 Å². The molecule has 1 aromatic carbocycles. The molecule has 0 bridgehead atoms. The number of rotatable bonds is 2. The summed E-state index contributed by atoms with van der Waals surface area (Å²) in [5.74, 6) is 0.630. The van der Waals surface area contributed by atoms with Gasteiger partial charge in [0.05, 0.1) is 6.54 Å². The molecule has 0 saturated heterocycles. The molecular weight excluding hydrogens is 236 g/mol. The molecule has 2 aromatic rings. The van der Waals surface area contributed by atoms with Gasteiger partial charge in [-0.1, -0.05) is 35.9 Å². The van der Waals surface area contributed by atoms with Crippen molar-refractivity contribution in [2.45, 2.75) is 20.4 Å². The second kappa shape index (κ2) is 4.72. The second-order valence-electron chi connectivity index (χ2n) is 3.98. The fourth-order valence-corrected chi connectivity index (χ4v) is 1.95. The lowest BCUT2D eigenvalue weighted by atomic mass is 10.1. The van der Waals surface area contributed by atoms with Crippen LogP contribution < -0.4 is 5.56 Å². The van der Waals surface area contributed by atoms with Gasteiger partial charge < -0.3 is 0 Å². The van der Waals surface area contributed by atoms with Crippen LogP contribution in [-0.4, -0.2) is 9.55 Å². The van der Waals surface area contributed by atoms with Crippen LogP contribution in [-0.2, 0) is 6.54 Å². The van der Waals surface area contributed by atoms with Gasteiger partial charge in [0.25, 0.3) is 5.56 Å². The molecule has 3 nitrogen and oxygen atoms in total. The van der Waals surface area contributed by atoms with Gasteiger partial charge in [0, 0.05) is 6.07 Å². The van der Waals surface area contributed by atoms with Crippen molar-refractivity contribution in [3.8, 4) is 0 Å². The van der Waals surface area contributed by atoms with Crippen LogP contribution in [0.3, 0.4) is 0 Å². The Bertz CT molecular complexity index is 605. The van der Waals surface area contributed by atoms with Gasteiger partial charge in [-0.2, -0.15) is 0 Å². The van der Waals surface area contributed by atoms with E-state index in [0.29, 0.717) is 12.4 Å². The zero-order chi connectivity index (χ0) is 12.4. The Morgan fingerprint density at radius 1 is 1.29 bits per heavy atom. The van der Waals surface area contributed by atoms with Crippen LogP contribution >= 0.6 is 11.6 Å². The first-order valence-corrected chi connectivity index (χ1v) is 5.74. The first-order valence-electron chi connectivity index (χ1n) is 5.36. The van der Waals surface area contributed by atoms with Crippen LogP contribution in [0.25, 0.3) is 0 Å². The highest BCUT2D eigenvalue weighted by Crippen LogP contribution is 2.09. The van der Waals surface area contributed by atoms with Gasteiger partial charge in [-0.15, -0.1) is 0 Å². The number of nitrogens with zero attached hydrogens (tertiary/aromatic N) is 2. The molecule has 1 aromatic heterocycles. The highest BCUT2D eigenvalue weighted by molar-refractivity contribution is 6.29. The molecule has 1 heterocycles. The standard InChI is InChI=1S/C13H13ClN2O/c1-9-5-3-4-6-11(9)8-16-10(2)15-12(14)7-13(16)17/h3-7H,8H2,1-2H3. The highest BCUT2D eigenvalue weighted by Gasteiger charge is 2.05. The van der Waals surface area contributed by atoms with E-state index in [1.54, 1.807) is 11.5 Å². The quantitative estimate of drug-likeness (QED) is 0.766. The first kappa shape index (κ1) is 11.9. The second-order valence-corrected chi connectivity index (χ2v) is 4.36. The van der Waals surface area contributed by atoms with Crippen LogP contribution in [0.2, 0.25) is 5.15 Å². The minimum absolute atomic E-state index is 0.120. The topological polar surface area (TPSA) is 34.9 Å². The van der Waals surface area contributed by atoms with Gasteiger partial charge in [-0.05, 0) is 25.0 Å². The highest BCUT2D eigenvalue weighted by atomic mass is 35.5. The summed E-state index contributed by atoms with van der Waals surface area (Å²) in [5, 5.41) is 0.244. The zero-order valence-corrected chi connectivity index (χ0v) is 10.5. The number of hydrogen-bond donors (Lipinski definition) is 0. The molecule has 0 fully saturated rings. The van der Waals surface area contributed by atoms with Crippen molar-refractivity contribution in [2.24, 2.45) is 0 Å². The SMILES string of the molecule is Cc1ccccc1Cn1c(C)nc(Cl)cc1=O. The maximum atomic E-state index is 11.8. The van der Waals surface area contributed by atoms with E-state index < -0.39 is 0 Å². The molecule has 0 radical (unpaired) electrons. The molecule has 0 unspecified atom stereocenters. The monoisotopic (exact) mass is 248 g/mol. The van der Waals surface area contributed by atoms with E-state index in [0.717, 1.165) is 11.1 Å². The zero-order valence-electron chi connectivity index (χ0n) is 9.77. The lowest BCUT2D eigenvalue weighted by molar-refractivity contribution is 0.697. The Balaban J connectivity index is 2.44. The van der Waals surface area contributed by atoms with Crippen LogP contribution in [0.5, 0.6) is 0 Å². The Morgan fingerprint density at radius 2 is 2.00 bits per heavy atom. The van der Waals surface area contributed by atoms with E-state index in [9.17, 15) is 4.79 Å². The molecule has 88 valence electrons. The summed E-state index contributed by atoms with van der Waals surface area (Å²) in [7, 11) is 0. The van der Waals surface area contributed by atoms with E-state index in [1.165, 1.54) is 6.07 Å². The van der Waals surface area contributed by atoms with Crippen LogP contribution in [0, 0.1) is 13.8 Å². The molecule has 0 aliphatic heterocycles. The minimum atomic E-state index is -0.120. The molecule has 17 heavy (non-hydrogen) atoms. The number of hydrogen-bond acceptors (Lipinski definition) is 2. The summed E-state index contributed by atoms with van der Waals surface area (Å²) in [6.07, 6.45) is 0. The lowest BCUT2D eigenvalue weighted by Crippen LogP contribution is -2.23. The number of aryl methyl sites for hydroxylation is 2.